The normalized spacial score (nSPS) is 30.4. The molecule has 30 heavy (non-hydrogen) atoms. The number of rotatable bonds is 4. The third-order valence-corrected chi connectivity index (χ3v) is 6.87. The van der Waals surface area contributed by atoms with E-state index in [1.165, 1.54) is 29.8 Å². The molecule has 0 bridgehead atoms. The quantitative estimate of drug-likeness (QED) is 0.716. The molecule has 158 valence electrons. The zero-order valence-corrected chi connectivity index (χ0v) is 17.4. The van der Waals surface area contributed by atoms with E-state index in [2.05, 4.69) is 70.2 Å². The van der Waals surface area contributed by atoms with Crippen molar-refractivity contribution in [3.8, 4) is 5.75 Å². The van der Waals surface area contributed by atoms with Gasteiger partial charge in [0.2, 0.25) is 0 Å². The molecule has 2 aromatic carbocycles. The number of benzene rings is 2. The number of ether oxygens (including phenoxy) is 2. The van der Waals surface area contributed by atoms with Crippen molar-refractivity contribution in [1.82, 2.24) is 4.90 Å². The van der Waals surface area contributed by atoms with E-state index in [1.54, 1.807) is 0 Å². The molecule has 0 radical (unpaired) electrons. The Morgan fingerprint density at radius 2 is 1.97 bits per heavy atom. The minimum absolute atomic E-state index is 0.161. The lowest BCUT2D eigenvalue weighted by molar-refractivity contribution is -0.0465. The molecule has 2 fully saturated rings. The molecule has 0 amide bonds. The van der Waals surface area contributed by atoms with Gasteiger partial charge in [-0.25, -0.2) is 0 Å². The summed E-state index contributed by atoms with van der Waals surface area (Å²) >= 11 is 0. The number of fused-ring (bicyclic) bond motifs is 2. The summed E-state index contributed by atoms with van der Waals surface area (Å²) in [5.41, 5.74) is 4.80. The number of anilines is 3. The summed E-state index contributed by atoms with van der Waals surface area (Å²) in [5.74, 6) is 1.73. The summed E-state index contributed by atoms with van der Waals surface area (Å²) in [7, 11) is 0. The average Bonchev–Trinajstić information content (AvgIpc) is 3.53. The van der Waals surface area contributed by atoms with Gasteiger partial charge in [0.1, 0.15) is 12.4 Å². The Kier molecular flexibility index (Phi) is 4.50. The van der Waals surface area contributed by atoms with Crippen molar-refractivity contribution in [1.29, 1.82) is 0 Å². The van der Waals surface area contributed by atoms with Crippen LogP contribution in [0, 0.1) is 5.92 Å². The van der Waals surface area contributed by atoms with E-state index in [4.69, 9.17) is 9.47 Å². The first-order valence-electron chi connectivity index (χ1n) is 11.3. The zero-order chi connectivity index (χ0) is 20.1. The smallest absolute Gasteiger partial charge is 0.124 e. The van der Waals surface area contributed by atoms with Crippen LogP contribution in [0.5, 0.6) is 5.75 Å². The van der Waals surface area contributed by atoms with Crippen LogP contribution in [0.4, 0.5) is 17.1 Å². The first-order valence-corrected chi connectivity index (χ1v) is 11.3. The third kappa shape index (κ3) is 3.28. The lowest BCUT2D eigenvalue weighted by atomic mass is 9.94. The van der Waals surface area contributed by atoms with E-state index in [0.29, 0.717) is 12.8 Å². The van der Waals surface area contributed by atoms with Crippen LogP contribution in [-0.2, 0) is 4.74 Å². The van der Waals surface area contributed by atoms with Crippen molar-refractivity contribution in [2.45, 2.75) is 44.1 Å². The summed E-state index contributed by atoms with van der Waals surface area (Å²) in [5, 5.41) is 11.3. The van der Waals surface area contributed by atoms with Crippen LogP contribution >= 0.6 is 0 Å². The number of hydrogen-bond donors (Lipinski definition) is 3. The Morgan fingerprint density at radius 3 is 2.83 bits per heavy atom. The lowest BCUT2D eigenvalue weighted by Gasteiger charge is -2.44. The van der Waals surface area contributed by atoms with Gasteiger partial charge in [-0.05, 0) is 43.9 Å². The Bertz CT molecular complexity index is 931. The van der Waals surface area contributed by atoms with E-state index in [0.717, 1.165) is 37.1 Å². The molecule has 4 unspecified atom stereocenters. The summed E-state index contributed by atoms with van der Waals surface area (Å²) in [6.45, 7) is 5.50. The molecule has 1 aliphatic carbocycles. The van der Waals surface area contributed by atoms with Gasteiger partial charge in [-0.3, -0.25) is 4.90 Å². The lowest BCUT2D eigenvalue weighted by Crippen LogP contribution is -2.54. The van der Waals surface area contributed by atoms with E-state index >= 15 is 0 Å². The van der Waals surface area contributed by atoms with Gasteiger partial charge in [0.05, 0.1) is 48.0 Å². The molecule has 6 nitrogen and oxygen atoms in total. The number of nitrogens with one attached hydrogen (secondary N) is 3. The molecule has 3 aliphatic heterocycles. The van der Waals surface area contributed by atoms with Gasteiger partial charge in [0.25, 0.3) is 0 Å². The highest BCUT2D eigenvalue weighted by molar-refractivity contribution is 5.86. The predicted molar refractivity (Wildman–Crippen MR) is 119 cm³/mol. The fraction of sp³-hybridized carbons (Fsp3) is 0.500. The summed E-state index contributed by atoms with van der Waals surface area (Å²) in [6.07, 6.45) is 3.24. The number of hydrogen-bond acceptors (Lipinski definition) is 6. The second kappa shape index (κ2) is 7.36. The van der Waals surface area contributed by atoms with Gasteiger partial charge in [-0.2, -0.15) is 0 Å². The molecular weight excluding hydrogens is 376 g/mol. The van der Waals surface area contributed by atoms with Crippen LogP contribution in [0.15, 0.2) is 42.5 Å². The minimum atomic E-state index is 0.161. The van der Waals surface area contributed by atoms with Crippen molar-refractivity contribution < 1.29 is 9.47 Å². The van der Waals surface area contributed by atoms with Gasteiger partial charge in [-0.1, -0.05) is 24.3 Å². The Labute approximate surface area is 177 Å². The van der Waals surface area contributed by atoms with Crippen LogP contribution in [0.3, 0.4) is 0 Å². The molecule has 3 N–H and O–H groups in total. The highest BCUT2D eigenvalue weighted by Gasteiger charge is 2.39. The second-order valence-corrected chi connectivity index (χ2v) is 9.05. The monoisotopic (exact) mass is 406 g/mol. The van der Waals surface area contributed by atoms with Crippen molar-refractivity contribution in [2.24, 2.45) is 5.92 Å². The maximum absolute atomic E-state index is 6.19. The Morgan fingerprint density at radius 1 is 1.07 bits per heavy atom. The minimum Gasteiger partial charge on any atom is -0.491 e. The van der Waals surface area contributed by atoms with Gasteiger partial charge >= 0.3 is 0 Å². The second-order valence-electron chi connectivity index (χ2n) is 9.05. The summed E-state index contributed by atoms with van der Waals surface area (Å²) in [4.78, 5) is 2.53. The van der Waals surface area contributed by atoms with Crippen LogP contribution in [0.1, 0.15) is 31.4 Å². The zero-order valence-electron chi connectivity index (χ0n) is 17.4. The van der Waals surface area contributed by atoms with Crippen LogP contribution < -0.4 is 20.7 Å². The molecule has 0 aromatic heterocycles. The largest absolute Gasteiger partial charge is 0.491 e. The molecule has 0 spiro atoms. The SMILES string of the molecule is CC1CN(C2COc3ccccc3C2Nc2cccc3c2NC(C2CC2)N3)CCO1. The van der Waals surface area contributed by atoms with E-state index in [1.807, 2.05) is 0 Å². The molecule has 3 heterocycles. The molecule has 1 saturated heterocycles. The van der Waals surface area contributed by atoms with Crippen LogP contribution in [0.25, 0.3) is 0 Å². The van der Waals surface area contributed by atoms with Crippen LogP contribution in [0.2, 0.25) is 0 Å². The van der Waals surface area contributed by atoms with Gasteiger partial charge in [-0.15, -0.1) is 0 Å². The fourth-order valence-corrected chi connectivity index (χ4v) is 5.12. The Balaban J connectivity index is 1.32. The molecular formula is C24H30N4O2. The maximum atomic E-state index is 6.19. The van der Waals surface area contributed by atoms with E-state index in [9.17, 15) is 0 Å². The molecule has 2 aromatic rings. The number of para-hydroxylation sites is 2. The molecule has 4 aliphatic rings. The third-order valence-electron chi connectivity index (χ3n) is 6.87. The van der Waals surface area contributed by atoms with Gasteiger partial charge in [0.15, 0.2) is 0 Å². The standard InChI is InChI=1S/C24H30N4O2/c1-15-13-28(11-12-29-15)20-14-30-21-8-3-2-5-17(21)22(20)25-18-6-4-7-19-23(18)27-24(26-19)16-9-10-16/h2-8,15-16,20,22,24-27H,9-14H2,1H3. The summed E-state index contributed by atoms with van der Waals surface area (Å²) in [6, 6.07) is 15.4. The predicted octanol–water partition coefficient (Wildman–Crippen LogP) is 3.90. The topological polar surface area (TPSA) is 57.8 Å². The maximum Gasteiger partial charge on any atom is 0.124 e. The number of morpholine rings is 1. The molecule has 6 heteroatoms. The average molecular weight is 407 g/mol. The van der Waals surface area contributed by atoms with Crippen molar-refractivity contribution in [2.75, 3.05) is 42.3 Å². The summed E-state index contributed by atoms with van der Waals surface area (Å²) < 4.78 is 12.0. The van der Waals surface area contributed by atoms with Gasteiger partial charge < -0.3 is 25.4 Å². The molecule has 6 rings (SSSR count). The number of nitrogens with zero attached hydrogens (tertiary/aromatic N) is 1. The first kappa shape index (κ1) is 18.3. The van der Waals surface area contributed by atoms with E-state index in [-0.39, 0.29) is 18.2 Å². The molecule has 1 saturated carbocycles. The van der Waals surface area contributed by atoms with Crippen molar-refractivity contribution >= 4 is 17.1 Å². The van der Waals surface area contributed by atoms with Gasteiger partial charge in [0, 0.05) is 18.7 Å². The Hall–Kier alpha value is -2.44. The van der Waals surface area contributed by atoms with Crippen LogP contribution in [-0.4, -0.2) is 49.5 Å². The highest BCUT2D eigenvalue weighted by Crippen LogP contribution is 2.45. The molecule has 4 atom stereocenters. The van der Waals surface area contributed by atoms with Crippen molar-refractivity contribution in [3.05, 3.63) is 48.0 Å². The first-order chi connectivity index (χ1) is 14.8. The fourth-order valence-electron chi connectivity index (χ4n) is 5.12. The van der Waals surface area contributed by atoms with Crippen molar-refractivity contribution in [3.63, 3.8) is 0 Å². The highest BCUT2D eigenvalue weighted by atomic mass is 16.5. The van der Waals surface area contributed by atoms with E-state index < -0.39 is 0 Å².